The average molecular weight is 546 g/mol. The Kier molecular flexibility index (Phi) is 7.84. The Labute approximate surface area is 221 Å². The molecular formula is C26H31N3O6S2. The number of nitrogens with one attached hydrogen (secondary N) is 1. The van der Waals surface area contributed by atoms with Crippen LogP contribution in [-0.2, 0) is 25.8 Å². The molecule has 1 N–H and O–H groups in total. The van der Waals surface area contributed by atoms with E-state index in [2.05, 4.69) is 10.3 Å². The van der Waals surface area contributed by atoms with E-state index >= 15 is 0 Å². The molecule has 2 heterocycles. The van der Waals surface area contributed by atoms with Gasteiger partial charge in [0, 0.05) is 11.7 Å². The molecule has 2 aliphatic heterocycles. The molecular weight excluding hydrogens is 514 g/mol. The van der Waals surface area contributed by atoms with E-state index in [1.54, 1.807) is 31.7 Å². The molecule has 9 nitrogen and oxygen atoms in total. The quantitative estimate of drug-likeness (QED) is 0.587. The monoisotopic (exact) mass is 545 g/mol. The summed E-state index contributed by atoms with van der Waals surface area (Å²) in [5.74, 6) is -0.0505. The van der Waals surface area contributed by atoms with Crippen LogP contribution in [0.4, 0.5) is 10.5 Å². The number of amidine groups is 1. The normalized spacial score (nSPS) is 22.4. The number of thioether (sulfide) groups is 1. The first-order valence-corrected chi connectivity index (χ1v) is 14.6. The van der Waals surface area contributed by atoms with Crippen molar-refractivity contribution in [2.24, 2.45) is 4.99 Å². The van der Waals surface area contributed by atoms with Gasteiger partial charge in [0.05, 0.1) is 30.3 Å². The Bertz CT molecular complexity index is 1290. The van der Waals surface area contributed by atoms with E-state index in [1.807, 2.05) is 48.5 Å². The largest absolute Gasteiger partial charge is 0.495 e. The second kappa shape index (κ2) is 10.7. The van der Waals surface area contributed by atoms with E-state index in [1.165, 1.54) is 18.9 Å². The number of carbonyl (C=O) groups is 2. The van der Waals surface area contributed by atoms with Crippen molar-refractivity contribution in [1.29, 1.82) is 0 Å². The molecule has 11 heteroatoms. The number of methoxy groups -OCH3 is 1. The highest BCUT2D eigenvalue weighted by atomic mass is 32.2. The second-order valence-corrected chi connectivity index (χ2v) is 13.3. The number of hydrogen-bond donors (Lipinski definition) is 1. The van der Waals surface area contributed by atoms with Crippen LogP contribution in [0.5, 0.6) is 5.75 Å². The molecule has 0 aromatic heterocycles. The van der Waals surface area contributed by atoms with E-state index in [0.717, 1.165) is 5.56 Å². The van der Waals surface area contributed by atoms with Gasteiger partial charge in [0.25, 0.3) is 5.91 Å². The van der Waals surface area contributed by atoms with Crippen LogP contribution in [0.2, 0.25) is 0 Å². The maximum Gasteiger partial charge on any atom is 0.408 e. The highest BCUT2D eigenvalue weighted by molar-refractivity contribution is 8.16. The predicted molar refractivity (Wildman–Crippen MR) is 145 cm³/mol. The number of alkyl carbamates (subject to hydrolysis) is 1. The molecule has 2 amide bonds. The molecule has 2 fully saturated rings. The number of fused-ring (bicyclic) bond motifs is 1. The fourth-order valence-electron chi connectivity index (χ4n) is 4.35. The number of rotatable bonds is 6. The van der Waals surface area contributed by atoms with Gasteiger partial charge >= 0.3 is 6.09 Å². The third-order valence-electron chi connectivity index (χ3n) is 5.89. The Morgan fingerprint density at radius 2 is 1.78 bits per heavy atom. The SMILES string of the molecule is COc1ccccc1N1C(=NC(=O)[C@H](Cc2ccccc2)NC(=O)OC(C)(C)C)S[C@@H]2CS(=O)(=O)C[C@@H]21. The minimum atomic E-state index is -3.22. The van der Waals surface area contributed by atoms with E-state index in [0.29, 0.717) is 16.6 Å². The Morgan fingerprint density at radius 3 is 2.46 bits per heavy atom. The lowest BCUT2D eigenvalue weighted by atomic mass is 10.1. The fraction of sp³-hybridized carbons (Fsp3) is 0.423. The van der Waals surface area contributed by atoms with Gasteiger partial charge in [-0.3, -0.25) is 4.79 Å². The first-order chi connectivity index (χ1) is 17.5. The number of aliphatic imine (C=N–C) groups is 1. The molecule has 198 valence electrons. The van der Waals surface area contributed by atoms with Gasteiger partial charge in [-0.1, -0.05) is 54.2 Å². The van der Waals surface area contributed by atoms with Gasteiger partial charge in [-0.15, -0.1) is 0 Å². The van der Waals surface area contributed by atoms with E-state index in [9.17, 15) is 18.0 Å². The van der Waals surface area contributed by atoms with Crippen molar-refractivity contribution in [1.82, 2.24) is 5.32 Å². The van der Waals surface area contributed by atoms with Crippen molar-refractivity contribution < 1.29 is 27.5 Å². The Balaban J connectivity index is 1.67. The molecule has 3 atom stereocenters. The molecule has 2 aliphatic rings. The molecule has 0 bridgehead atoms. The fourth-order valence-corrected chi connectivity index (χ4v) is 8.26. The molecule has 0 spiro atoms. The first-order valence-electron chi connectivity index (χ1n) is 11.9. The number of nitrogens with zero attached hydrogens (tertiary/aromatic N) is 2. The second-order valence-electron chi connectivity index (χ2n) is 9.96. The summed E-state index contributed by atoms with van der Waals surface area (Å²) >= 11 is 1.26. The summed E-state index contributed by atoms with van der Waals surface area (Å²) in [5, 5.41) is 2.78. The molecule has 2 aromatic carbocycles. The van der Waals surface area contributed by atoms with Crippen LogP contribution in [0.15, 0.2) is 59.6 Å². The lowest BCUT2D eigenvalue weighted by Gasteiger charge is -2.26. The minimum absolute atomic E-state index is 0.00476. The summed E-state index contributed by atoms with van der Waals surface area (Å²) in [6.07, 6.45) is -0.499. The van der Waals surface area contributed by atoms with Crippen molar-refractivity contribution >= 4 is 44.5 Å². The van der Waals surface area contributed by atoms with Crippen LogP contribution in [0.25, 0.3) is 0 Å². The Hall–Kier alpha value is -3.05. The Morgan fingerprint density at radius 1 is 1.11 bits per heavy atom. The molecule has 0 aliphatic carbocycles. The zero-order valence-electron chi connectivity index (χ0n) is 21.2. The minimum Gasteiger partial charge on any atom is -0.495 e. The number of anilines is 1. The molecule has 2 aromatic rings. The summed E-state index contributed by atoms with van der Waals surface area (Å²) < 4.78 is 35.7. The number of carbonyl (C=O) groups excluding carboxylic acids is 2. The lowest BCUT2D eigenvalue weighted by molar-refractivity contribution is -0.119. The highest BCUT2D eigenvalue weighted by Crippen LogP contribution is 2.43. The maximum absolute atomic E-state index is 13.5. The molecule has 37 heavy (non-hydrogen) atoms. The number of benzene rings is 2. The third kappa shape index (κ3) is 6.64. The van der Waals surface area contributed by atoms with Crippen LogP contribution < -0.4 is 15.0 Å². The van der Waals surface area contributed by atoms with E-state index in [4.69, 9.17) is 9.47 Å². The smallest absolute Gasteiger partial charge is 0.408 e. The van der Waals surface area contributed by atoms with Crippen molar-refractivity contribution in [2.75, 3.05) is 23.5 Å². The molecule has 4 rings (SSSR count). The van der Waals surface area contributed by atoms with Crippen molar-refractivity contribution in [3.63, 3.8) is 0 Å². The molecule has 2 saturated heterocycles. The van der Waals surface area contributed by atoms with Crippen LogP contribution in [0.1, 0.15) is 26.3 Å². The zero-order chi connectivity index (χ0) is 26.8. The zero-order valence-corrected chi connectivity index (χ0v) is 22.8. The van der Waals surface area contributed by atoms with Gasteiger partial charge in [0.15, 0.2) is 15.0 Å². The van der Waals surface area contributed by atoms with Gasteiger partial charge in [0.1, 0.15) is 17.4 Å². The summed E-state index contributed by atoms with van der Waals surface area (Å²) in [7, 11) is -1.69. The third-order valence-corrected chi connectivity index (χ3v) is 9.10. The topological polar surface area (TPSA) is 114 Å². The van der Waals surface area contributed by atoms with Crippen LogP contribution in [0.3, 0.4) is 0 Å². The number of para-hydroxylation sites is 2. The molecule has 0 radical (unpaired) electrons. The van der Waals surface area contributed by atoms with Gasteiger partial charge in [0.2, 0.25) is 0 Å². The summed E-state index contributed by atoms with van der Waals surface area (Å²) in [6, 6.07) is 15.2. The van der Waals surface area contributed by atoms with Gasteiger partial charge in [-0.05, 0) is 38.5 Å². The number of amides is 2. The van der Waals surface area contributed by atoms with Crippen molar-refractivity contribution in [3.05, 3.63) is 60.2 Å². The first kappa shape index (κ1) is 27.0. The van der Waals surface area contributed by atoms with Crippen LogP contribution in [0, 0.1) is 0 Å². The summed E-state index contributed by atoms with van der Waals surface area (Å²) in [6.45, 7) is 5.23. The van der Waals surface area contributed by atoms with Crippen molar-refractivity contribution in [3.8, 4) is 5.75 Å². The number of sulfone groups is 1. The maximum atomic E-state index is 13.5. The summed E-state index contributed by atoms with van der Waals surface area (Å²) in [4.78, 5) is 32.3. The van der Waals surface area contributed by atoms with Crippen molar-refractivity contribution in [2.45, 2.75) is 50.1 Å². The number of hydrogen-bond acceptors (Lipinski definition) is 7. The van der Waals surface area contributed by atoms with Gasteiger partial charge in [-0.2, -0.15) is 4.99 Å². The van der Waals surface area contributed by atoms with E-state index < -0.39 is 33.5 Å². The standard InChI is InChI=1S/C26H31N3O6S2/c1-26(2,3)35-25(31)27-18(14-17-10-6-5-7-11-17)23(30)28-24-29(19-12-8-9-13-21(19)34-4)20-15-37(32,33)16-22(20)36-24/h5-13,18,20,22H,14-16H2,1-4H3,(H,27,31)/t18-,20-,22+/m0/s1. The molecule has 0 saturated carbocycles. The molecule has 0 unspecified atom stereocenters. The predicted octanol–water partition coefficient (Wildman–Crippen LogP) is 3.43. The number of ether oxygens (including phenoxy) is 2. The lowest BCUT2D eigenvalue weighted by Crippen LogP contribution is -2.45. The van der Waals surface area contributed by atoms with E-state index in [-0.39, 0.29) is 29.2 Å². The highest BCUT2D eigenvalue weighted by Gasteiger charge is 2.50. The van der Waals surface area contributed by atoms with Gasteiger partial charge < -0.3 is 19.7 Å². The van der Waals surface area contributed by atoms with Crippen LogP contribution in [-0.4, -0.2) is 67.1 Å². The van der Waals surface area contributed by atoms with Crippen LogP contribution >= 0.6 is 11.8 Å². The van der Waals surface area contributed by atoms with Gasteiger partial charge in [-0.25, -0.2) is 13.2 Å². The summed E-state index contributed by atoms with van der Waals surface area (Å²) in [5.41, 5.74) is 0.746. The average Bonchev–Trinajstić information content (AvgIpc) is 3.28.